The van der Waals surface area contributed by atoms with Crippen molar-refractivity contribution in [2.75, 3.05) is 0 Å². The average molecular weight is 301 g/mol. The molecule has 2 bridgehead atoms. The first kappa shape index (κ1) is 14.2. The fourth-order valence-electron chi connectivity index (χ4n) is 3.91. The zero-order valence-electron chi connectivity index (χ0n) is 13.0. The number of nitrogens with zero attached hydrogens (tertiary/aromatic N) is 3. The Balaban J connectivity index is 1.61. The molecule has 0 amide bonds. The molecular formula is C20H19N3. The van der Waals surface area contributed by atoms with Crippen LogP contribution in [0.15, 0.2) is 54.7 Å². The number of fused-ring (bicyclic) bond motifs is 2. The highest BCUT2D eigenvalue weighted by Crippen LogP contribution is 2.39. The van der Waals surface area contributed by atoms with E-state index in [0.29, 0.717) is 17.8 Å². The summed E-state index contributed by atoms with van der Waals surface area (Å²) in [5.74, 6) is 0. The third-order valence-electron chi connectivity index (χ3n) is 5.01. The summed E-state index contributed by atoms with van der Waals surface area (Å²) in [7, 11) is 0. The zero-order chi connectivity index (χ0) is 15.6. The van der Waals surface area contributed by atoms with Gasteiger partial charge in [0.2, 0.25) is 0 Å². The molecule has 3 heteroatoms. The Morgan fingerprint density at radius 1 is 1.13 bits per heavy atom. The molecule has 3 heterocycles. The maximum atomic E-state index is 9.29. The minimum Gasteiger partial charge on any atom is -0.289 e. The molecule has 2 aliphatic rings. The molecule has 2 atom stereocenters. The van der Waals surface area contributed by atoms with Gasteiger partial charge in [0, 0.05) is 30.4 Å². The standard InChI is InChI=1S/C20H19N3/c21-13-20-19(7-4-10-22-20)16-11-17-8-9-18(12-16)23(17)14-15-5-2-1-3-6-15/h1-7,10-11,17-18H,8-9,12,14H2. The van der Waals surface area contributed by atoms with Gasteiger partial charge in [-0.15, -0.1) is 0 Å². The highest BCUT2D eigenvalue weighted by Gasteiger charge is 2.36. The van der Waals surface area contributed by atoms with Crippen LogP contribution in [0.25, 0.3) is 5.57 Å². The molecule has 0 aliphatic carbocycles. The number of nitriles is 1. The molecule has 114 valence electrons. The molecule has 1 saturated heterocycles. The van der Waals surface area contributed by atoms with Crippen LogP contribution >= 0.6 is 0 Å². The Kier molecular flexibility index (Phi) is 3.69. The monoisotopic (exact) mass is 301 g/mol. The lowest BCUT2D eigenvalue weighted by molar-refractivity contribution is 0.203. The average Bonchev–Trinajstić information content (AvgIpc) is 2.84. The largest absolute Gasteiger partial charge is 0.289 e. The van der Waals surface area contributed by atoms with Gasteiger partial charge in [-0.3, -0.25) is 4.90 Å². The molecule has 0 N–H and O–H groups in total. The van der Waals surface area contributed by atoms with Gasteiger partial charge in [-0.1, -0.05) is 42.5 Å². The lowest BCUT2D eigenvalue weighted by atomic mass is 9.93. The van der Waals surface area contributed by atoms with E-state index in [9.17, 15) is 5.26 Å². The smallest absolute Gasteiger partial charge is 0.147 e. The molecule has 2 aliphatic heterocycles. The Hall–Kier alpha value is -2.44. The minimum atomic E-state index is 0.482. The van der Waals surface area contributed by atoms with Crippen LogP contribution < -0.4 is 0 Å². The molecule has 23 heavy (non-hydrogen) atoms. The summed E-state index contributed by atoms with van der Waals surface area (Å²) in [5, 5.41) is 9.29. The van der Waals surface area contributed by atoms with Crippen LogP contribution in [0, 0.1) is 11.3 Å². The van der Waals surface area contributed by atoms with E-state index in [1.54, 1.807) is 6.20 Å². The van der Waals surface area contributed by atoms with Crippen molar-refractivity contribution in [3.8, 4) is 6.07 Å². The fourth-order valence-corrected chi connectivity index (χ4v) is 3.91. The highest BCUT2D eigenvalue weighted by molar-refractivity contribution is 5.71. The second-order valence-electron chi connectivity index (χ2n) is 6.36. The highest BCUT2D eigenvalue weighted by atomic mass is 15.2. The van der Waals surface area contributed by atoms with Gasteiger partial charge in [0.05, 0.1) is 0 Å². The molecule has 4 rings (SSSR count). The van der Waals surface area contributed by atoms with Crippen LogP contribution in [0.5, 0.6) is 0 Å². The molecule has 0 radical (unpaired) electrons. The van der Waals surface area contributed by atoms with Gasteiger partial charge < -0.3 is 0 Å². The fraction of sp³-hybridized carbons (Fsp3) is 0.300. The van der Waals surface area contributed by atoms with Crippen LogP contribution in [0.4, 0.5) is 0 Å². The number of rotatable bonds is 3. The van der Waals surface area contributed by atoms with E-state index in [4.69, 9.17) is 0 Å². The topological polar surface area (TPSA) is 39.9 Å². The molecule has 0 saturated carbocycles. The molecule has 0 spiro atoms. The Morgan fingerprint density at radius 3 is 2.78 bits per heavy atom. The quantitative estimate of drug-likeness (QED) is 0.866. The first-order valence-electron chi connectivity index (χ1n) is 8.21. The Bertz CT molecular complexity index is 773. The first-order chi connectivity index (χ1) is 11.3. The van der Waals surface area contributed by atoms with Crippen LogP contribution in [0.2, 0.25) is 0 Å². The summed E-state index contributed by atoms with van der Waals surface area (Å²) in [6.45, 7) is 1.01. The predicted molar refractivity (Wildman–Crippen MR) is 90.3 cm³/mol. The van der Waals surface area contributed by atoms with Crippen molar-refractivity contribution in [2.24, 2.45) is 0 Å². The Labute approximate surface area is 136 Å². The van der Waals surface area contributed by atoms with Gasteiger partial charge in [-0.2, -0.15) is 5.26 Å². The number of hydrogen-bond acceptors (Lipinski definition) is 3. The van der Waals surface area contributed by atoms with E-state index in [0.717, 1.165) is 18.5 Å². The molecule has 1 fully saturated rings. The van der Waals surface area contributed by atoms with Gasteiger partial charge in [-0.05, 0) is 36.5 Å². The van der Waals surface area contributed by atoms with E-state index >= 15 is 0 Å². The second-order valence-corrected chi connectivity index (χ2v) is 6.36. The summed E-state index contributed by atoms with van der Waals surface area (Å²) >= 11 is 0. The van der Waals surface area contributed by atoms with E-state index in [1.807, 2.05) is 12.1 Å². The van der Waals surface area contributed by atoms with Crippen LogP contribution in [-0.2, 0) is 6.54 Å². The number of benzene rings is 1. The summed E-state index contributed by atoms with van der Waals surface area (Å²) in [6, 6.07) is 17.9. The van der Waals surface area contributed by atoms with Crippen molar-refractivity contribution in [3.63, 3.8) is 0 Å². The van der Waals surface area contributed by atoms with Gasteiger partial charge in [0.1, 0.15) is 11.8 Å². The zero-order valence-corrected chi connectivity index (χ0v) is 13.0. The second kappa shape index (κ2) is 5.98. The lowest BCUT2D eigenvalue weighted by Gasteiger charge is -2.34. The predicted octanol–water partition coefficient (Wildman–Crippen LogP) is 3.77. The molecule has 3 nitrogen and oxygen atoms in total. The van der Waals surface area contributed by atoms with E-state index in [2.05, 4.69) is 52.4 Å². The first-order valence-corrected chi connectivity index (χ1v) is 8.21. The van der Waals surface area contributed by atoms with E-state index < -0.39 is 0 Å². The van der Waals surface area contributed by atoms with Gasteiger partial charge in [0.25, 0.3) is 0 Å². The normalized spacial score (nSPS) is 23.3. The summed E-state index contributed by atoms with van der Waals surface area (Å²) < 4.78 is 0. The van der Waals surface area contributed by atoms with Crippen molar-refractivity contribution < 1.29 is 0 Å². The van der Waals surface area contributed by atoms with Crippen molar-refractivity contribution in [1.82, 2.24) is 9.88 Å². The third-order valence-corrected chi connectivity index (χ3v) is 5.01. The van der Waals surface area contributed by atoms with Crippen molar-refractivity contribution in [2.45, 2.75) is 37.9 Å². The van der Waals surface area contributed by atoms with Gasteiger partial charge >= 0.3 is 0 Å². The van der Waals surface area contributed by atoms with Crippen LogP contribution in [0.1, 0.15) is 36.1 Å². The summed E-state index contributed by atoms with van der Waals surface area (Å²) in [5.41, 5.74) is 4.24. The number of aromatic nitrogens is 1. The van der Waals surface area contributed by atoms with E-state index in [-0.39, 0.29) is 0 Å². The molecule has 2 aromatic rings. The van der Waals surface area contributed by atoms with Crippen LogP contribution in [-0.4, -0.2) is 22.0 Å². The van der Waals surface area contributed by atoms with E-state index in [1.165, 1.54) is 24.0 Å². The van der Waals surface area contributed by atoms with Crippen molar-refractivity contribution >= 4 is 5.57 Å². The summed E-state index contributed by atoms with van der Waals surface area (Å²) in [6.07, 6.45) is 7.53. The lowest BCUT2D eigenvalue weighted by Crippen LogP contribution is -2.37. The maximum Gasteiger partial charge on any atom is 0.147 e. The summed E-state index contributed by atoms with van der Waals surface area (Å²) in [4.78, 5) is 6.83. The van der Waals surface area contributed by atoms with Crippen molar-refractivity contribution in [3.05, 3.63) is 71.6 Å². The van der Waals surface area contributed by atoms with Gasteiger partial charge in [0.15, 0.2) is 0 Å². The molecule has 2 unspecified atom stereocenters. The van der Waals surface area contributed by atoms with Crippen molar-refractivity contribution in [1.29, 1.82) is 5.26 Å². The number of pyridine rings is 1. The SMILES string of the molecule is N#Cc1ncccc1C1=CC2CCC(C1)N2Cc1ccccc1. The van der Waals surface area contributed by atoms with Gasteiger partial charge in [-0.25, -0.2) is 4.98 Å². The Morgan fingerprint density at radius 2 is 2.00 bits per heavy atom. The molecular weight excluding hydrogens is 282 g/mol. The minimum absolute atomic E-state index is 0.482. The maximum absolute atomic E-state index is 9.29. The van der Waals surface area contributed by atoms with Crippen LogP contribution in [0.3, 0.4) is 0 Å². The molecule has 1 aromatic heterocycles. The molecule has 1 aromatic carbocycles. The number of hydrogen-bond donors (Lipinski definition) is 0. The third kappa shape index (κ3) is 2.67.